The molecule has 0 spiro atoms. The van der Waals surface area contributed by atoms with Gasteiger partial charge in [-0.05, 0) is 36.5 Å². The Bertz CT molecular complexity index is 507. The molecule has 0 amide bonds. The average molecular weight is 303 g/mol. The highest BCUT2D eigenvalue weighted by molar-refractivity contribution is 7.89. The first kappa shape index (κ1) is 14.8. The lowest BCUT2D eigenvalue weighted by atomic mass is 10.0. The number of alkyl halides is 1. The largest absolute Gasteiger partial charge is 0.265 e. The fourth-order valence-corrected chi connectivity index (χ4v) is 4.03. The van der Waals surface area contributed by atoms with Crippen LogP contribution >= 0.6 is 11.6 Å². The molecule has 6 heteroatoms. The molecular weight excluding hydrogens is 284 g/mol. The van der Waals surface area contributed by atoms with Gasteiger partial charge in [0, 0.05) is 30.9 Å². The molecule has 0 aliphatic carbocycles. The van der Waals surface area contributed by atoms with Crippen LogP contribution < -0.4 is 0 Å². The Morgan fingerprint density at radius 3 is 2.74 bits per heavy atom. The summed E-state index contributed by atoms with van der Waals surface area (Å²) in [6, 6.07) is 3.70. The maximum atomic E-state index is 12.3. The fraction of sp³-hybridized carbons (Fsp3) is 0.615. The van der Waals surface area contributed by atoms with Crippen LogP contribution in [-0.4, -0.2) is 41.9 Å². The van der Waals surface area contributed by atoms with E-state index < -0.39 is 10.0 Å². The number of halogens is 1. The molecule has 0 N–H and O–H groups in total. The molecule has 2 rings (SSSR count). The molecule has 2 atom stereocenters. The minimum atomic E-state index is -3.18. The summed E-state index contributed by atoms with van der Waals surface area (Å²) in [5, 5.41) is 0.0895. The van der Waals surface area contributed by atoms with Gasteiger partial charge in [0.1, 0.15) is 0 Å². The zero-order valence-corrected chi connectivity index (χ0v) is 12.6. The van der Waals surface area contributed by atoms with Gasteiger partial charge in [-0.3, -0.25) is 4.98 Å². The number of pyridine rings is 1. The molecule has 106 valence electrons. The summed E-state index contributed by atoms with van der Waals surface area (Å²) in [7, 11) is -3.18. The second-order valence-corrected chi connectivity index (χ2v) is 7.71. The minimum absolute atomic E-state index is 0.0895. The molecule has 2 heterocycles. The summed E-state index contributed by atoms with van der Waals surface area (Å²) in [5.74, 6) is 0.363. The van der Waals surface area contributed by atoms with E-state index in [1.807, 2.05) is 19.1 Å². The summed E-state index contributed by atoms with van der Waals surface area (Å²) in [6.07, 6.45) is 4.63. The topological polar surface area (TPSA) is 50.3 Å². The summed E-state index contributed by atoms with van der Waals surface area (Å²) >= 11 is 6.13. The maximum absolute atomic E-state index is 12.3. The van der Waals surface area contributed by atoms with Gasteiger partial charge in [-0.1, -0.05) is 6.92 Å². The standard InChI is InChI=1S/C13H19ClN2O2S/c1-11-10-16(8-4-13(11)14)19(17,18)9-5-12-2-6-15-7-3-12/h2-3,6-7,11,13H,4-5,8-10H2,1H3. The molecular formula is C13H19ClN2O2S. The van der Waals surface area contributed by atoms with E-state index in [9.17, 15) is 8.42 Å². The summed E-state index contributed by atoms with van der Waals surface area (Å²) in [4.78, 5) is 3.92. The van der Waals surface area contributed by atoms with Crippen molar-refractivity contribution in [2.24, 2.45) is 5.92 Å². The average Bonchev–Trinajstić information content (AvgIpc) is 2.41. The van der Waals surface area contributed by atoms with Crippen LogP contribution in [0.3, 0.4) is 0 Å². The number of piperidine rings is 1. The molecule has 19 heavy (non-hydrogen) atoms. The van der Waals surface area contributed by atoms with E-state index in [4.69, 9.17) is 11.6 Å². The highest BCUT2D eigenvalue weighted by Gasteiger charge is 2.31. The van der Waals surface area contributed by atoms with E-state index in [1.54, 1.807) is 16.7 Å². The van der Waals surface area contributed by atoms with Crippen LogP contribution in [0.4, 0.5) is 0 Å². The number of hydrogen-bond donors (Lipinski definition) is 0. The van der Waals surface area contributed by atoms with E-state index in [-0.39, 0.29) is 17.0 Å². The second kappa shape index (κ2) is 6.20. The lowest BCUT2D eigenvalue weighted by molar-refractivity contribution is 0.286. The van der Waals surface area contributed by atoms with Crippen molar-refractivity contribution >= 4 is 21.6 Å². The predicted molar refractivity (Wildman–Crippen MR) is 76.7 cm³/mol. The SMILES string of the molecule is CC1CN(S(=O)(=O)CCc2ccncc2)CCC1Cl. The zero-order chi connectivity index (χ0) is 13.9. The van der Waals surface area contributed by atoms with Crippen LogP contribution in [0.25, 0.3) is 0 Å². The van der Waals surface area contributed by atoms with Crippen molar-refractivity contribution in [3.05, 3.63) is 30.1 Å². The van der Waals surface area contributed by atoms with Gasteiger partial charge in [0.15, 0.2) is 0 Å². The van der Waals surface area contributed by atoms with Gasteiger partial charge >= 0.3 is 0 Å². The van der Waals surface area contributed by atoms with Gasteiger partial charge in [-0.15, -0.1) is 11.6 Å². The molecule has 1 fully saturated rings. The van der Waals surface area contributed by atoms with Gasteiger partial charge in [0.2, 0.25) is 10.0 Å². The minimum Gasteiger partial charge on any atom is -0.265 e. The number of nitrogens with zero attached hydrogens (tertiary/aromatic N) is 2. The number of aromatic nitrogens is 1. The van der Waals surface area contributed by atoms with Gasteiger partial charge in [-0.25, -0.2) is 12.7 Å². The highest BCUT2D eigenvalue weighted by atomic mass is 35.5. The predicted octanol–water partition coefficient (Wildman–Crippen LogP) is 1.90. The summed E-state index contributed by atoms with van der Waals surface area (Å²) in [6.45, 7) is 3.08. The normalized spacial score (nSPS) is 25.4. The Morgan fingerprint density at radius 2 is 2.11 bits per heavy atom. The van der Waals surface area contributed by atoms with E-state index in [1.165, 1.54) is 0 Å². The third kappa shape index (κ3) is 3.91. The number of rotatable bonds is 4. The fourth-order valence-electron chi connectivity index (χ4n) is 2.26. The molecule has 0 bridgehead atoms. The van der Waals surface area contributed by atoms with Crippen LogP contribution in [0.2, 0.25) is 0 Å². The summed E-state index contributed by atoms with van der Waals surface area (Å²) < 4.78 is 26.1. The van der Waals surface area contributed by atoms with Gasteiger partial charge in [0.25, 0.3) is 0 Å². The van der Waals surface area contributed by atoms with Gasteiger partial charge in [-0.2, -0.15) is 0 Å². The Morgan fingerprint density at radius 1 is 1.42 bits per heavy atom. The van der Waals surface area contributed by atoms with Crippen LogP contribution in [0.15, 0.2) is 24.5 Å². The van der Waals surface area contributed by atoms with E-state index >= 15 is 0 Å². The van der Waals surface area contributed by atoms with Crippen molar-refractivity contribution in [2.75, 3.05) is 18.8 Å². The lowest BCUT2D eigenvalue weighted by Gasteiger charge is -2.33. The van der Waals surface area contributed by atoms with Gasteiger partial charge < -0.3 is 0 Å². The molecule has 1 aliphatic heterocycles. The van der Waals surface area contributed by atoms with Crippen molar-refractivity contribution in [1.82, 2.24) is 9.29 Å². The summed E-state index contributed by atoms with van der Waals surface area (Å²) in [5.41, 5.74) is 0.999. The lowest BCUT2D eigenvalue weighted by Crippen LogP contribution is -2.44. The van der Waals surface area contributed by atoms with Gasteiger partial charge in [0.05, 0.1) is 5.75 Å². The smallest absolute Gasteiger partial charge is 0.214 e. The Balaban J connectivity index is 1.95. The van der Waals surface area contributed by atoms with Crippen molar-refractivity contribution in [2.45, 2.75) is 25.1 Å². The first-order valence-corrected chi connectivity index (χ1v) is 8.54. The van der Waals surface area contributed by atoms with E-state index in [0.29, 0.717) is 19.5 Å². The Kier molecular flexibility index (Phi) is 4.81. The van der Waals surface area contributed by atoms with Crippen molar-refractivity contribution < 1.29 is 8.42 Å². The van der Waals surface area contributed by atoms with Crippen LogP contribution in [0.1, 0.15) is 18.9 Å². The molecule has 1 aliphatic rings. The molecule has 0 saturated carbocycles. The monoisotopic (exact) mass is 302 g/mol. The molecule has 0 radical (unpaired) electrons. The second-order valence-electron chi connectivity index (χ2n) is 5.06. The van der Waals surface area contributed by atoms with Crippen LogP contribution in [0.5, 0.6) is 0 Å². The third-order valence-corrected chi connectivity index (χ3v) is 6.04. The molecule has 1 saturated heterocycles. The maximum Gasteiger partial charge on any atom is 0.214 e. The molecule has 2 unspecified atom stereocenters. The van der Waals surface area contributed by atoms with Crippen molar-refractivity contribution in [1.29, 1.82) is 0 Å². The van der Waals surface area contributed by atoms with Crippen LogP contribution in [0, 0.1) is 5.92 Å². The number of aryl methyl sites for hydroxylation is 1. The quantitative estimate of drug-likeness (QED) is 0.798. The first-order chi connectivity index (χ1) is 8.99. The zero-order valence-electron chi connectivity index (χ0n) is 11.0. The van der Waals surface area contributed by atoms with E-state index in [2.05, 4.69) is 4.98 Å². The molecule has 1 aromatic rings. The number of sulfonamides is 1. The highest BCUT2D eigenvalue weighted by Crippen LogP contribution is 2.24. The van der Waals surface area contributed by atoms with E-state index in [0.717, 1.165) is 12.0 Å². The van der Waals surface area contributed by atoms with Crippen molar-refractivity contribution in [3.63, 3.8) is 0 Å². The molecule has 0 aromatic carbocycles. The Labute approximate surface area is 119 Å². The van der Waals surface area contributed by atoms with Crippen molar-refractivity contribution in [3.8, 4) is 0 Å². The first-order valence-electron chi connectivity index (χ1n) is 6.50. The molecule has 4 nitrogen and oxygen atoms in total. The van der Waals surface area contributed by atoms with Crippen LogP contribution in [-0.2, 0) is 16.4 Å². The third-order valence-electron chi connectivity index (χ3n) is 3.55. The molecule has 1 aromatic heterocycles. The number of hydrogen-bond acceptors (Lipinski definition) is 3. The Hall–Kier alpha value is -0.650.